The molecule has 1 aromatic heterocycles. The first-order valence-electron chi connectivity index (χ1n) is 7.00. The van der Waals surface area contributed by atoms with Crippen LogP contribution in [0.25, 0.3) is 0 Å². The molecule has 22 heavy (non-hydrogen) atoms. The zero-order valence-electron chi connectivity index (χ0n) is 12.4. The van der Waals surface area contributed by atoms with E-state index in [1.165, 1.54) is 7.11 Å². The second-order valence-corrected chi connectivity index (χ2v) is 4.78. The number of benzene rings is 1. The fourth-order valence-electron chi connectivity index (χ4n) is 2.06. The van der Waals surface area contributed by atoms with Crippen molar-refractivity contribution in [2.24, 2.45) is 0 Å². The van der Waals surface area contributed by atoms with E-state index in [0.29, 0.717) is 18.7 Å². The Hall–Kier alpha value is -2.69. The van der Waals surface area contributed by atoms with Gasteiger partial charge in [0.1, 0.15) is 0 Å². The van der Waals surface area contributed by atoms with Gasteiger partial charge in [-0.15, -0.1) is 0 Å². The van der Waals surface area contributed by atoms with Crippen molar-refractivity contribution in [1.82, 2.24) is 9.88 Å². The third-order valence-electron chi connectivity index (χ3n) is 3.22. The summed E-state index contributed by atoms with van der Waals surface area (Å²) in [6.45, 7) is 0.702. The number of aromatic nitrogens is 1. The van der Waals surface area contributed by atoms with Gasteiger partial charge >= 0.3 is 5.97 Å². The maximum Gasteiger partial charge on any atom is 0.307 e. The van der Waals surface area contributed by atoms with Crippen molar-refractivity contribution < 1.29 is 14.3 Å². The molecule has 0 radical (unpaired) electrons. The lowest BCUT2D eigenvalue weighted by Gasteiger charge is -2.22. The number of hydrogen-bond donors (Lipinski definition) is 0. The predicted molar refractivity (Wildman–Crippen MR) is 82.1 cm³/mol. The quantitative estimate of drug-likeness (QED) is 0.768. The summed E-state index contributed by atoms with van der Waals surface area (Å²) in [5.74, 6) is -0.453. The molecular formula is C17H18N2O3. The van der Waals surface area contributed by atoms with Crippen molar-refractivity contribution in [1.29, 1.82) is 0 Å². The average Bonchev–Trinajstić information content (AvgIpc) is 2.59. The fraction of sp³-hybridized carbons (Fsp3) is 0.235. The molecule has 0 aliphatic heterocycles. The van der Waals surface area contributed by atoms with E-state index >= 15 is 0 Å². The number of carbonyl (C=O) groups excluding carboxylic acids is 2. The van der Waals surface area contributed by atoms with Crippen molar-refractivity contribution in [2.45, 2.75) is 13.0 Å². The molecule has 114 valence electrons. The zero-order valence-corrected chi connectivity index (χ0v) is 12.4. The lowest BCUT2D eigenvalue weighted by molar-refractivity contribution is -0.140. The van der Waals surface area contributed by atoms with Crippen LogP contribution in [0.3, 0.4) is 0 Å². The topological polar surface area (TPSA) is 59.5 Å². The fourth-order valence-corrected chi connectivity index (χ4v) is 2.06. The molecule has 0 unspecified atom stereocenters. The lowest BCUT2D eigenvalue weighted by Crippen LogP contribution is -2.32. The lowest BCUT2D eigenvalue weighted by atomic mass is 10.1. The number of nitrogens with zero attached hydrogens (tertiary/aromatic N) is 2. The summed E-state index contributed by atoms with van der Waals surface area (Å²) in [4.78, 5) is 29.6. The SMILES string of the molecule is COC(=O)CCN(Cc1cccnc1)C(=O)c1ccccc1. The minimum atomic E-state index is -0.336. The Morgan fingerprint density at radius 3 is 2.55 bits per heavy atom. The number of hydrogen-bond acceptors (Lipinski definition) is 4. The van der Waals surface area contributed by atoms with Crippen molar-refractivity contribution in [3.8, 4) is 0 Å². The summed E-state index contributed by atoms with van der Waals surface area (Å²) in [5, 5.41) is 0. The van der Waals surface area contributed by atoms with E-state index in [-0.39, 0.29) is 18.3 Å². The van der Waals surface area contributed by atoms with Gasteiger partial charge in [-0.1, -0.05) is 24.3 Å². The van der Waals surface area contributed by atoms with E-state index in [1.54, 1.807) is 29.4 Å². The highest BCUT2D eigenvalue weighted by atomic mass is 16.5. The molecule has 0 aliphatic rings. The first-order valence-corrected chi connectivity index (χ1v) is 7.00. The van der Waals surface area contributed by atoms with Crippen LogP contribution in [0, 0.1) is 0 Å². The third kappa shape index (κ3) is 4.41. The second kappa shape index (κ2) is 7.93. The number of methoxy groups -OCH3 is 1. The van der Waals surface area contributed by atoms with Crippen LogP contribution >= 0.6 is 0 Å². The maximum atomic E-state index is 12.6. The molecule has 1 amide bonds. The van der Waals surface area contributed by atoms with Gasteiger partial charge in [-0.2, -0.15) is 0 Å². The standard InChI is InChI=1S/C17H18N2O3/c1-22-16(20)9-11-19(13-14-6-5-10-18-12-14)17(21)15-7-3-2-4-8-15/h2-8,10,12H,9,11,13H2,1H3. The highest BCUT2D eigenvalue weighted by Gasteiger charge is 2.17. The molecule has 1 heterocycles. The van der Waals surface area contributed by atoms with Gasteiger partial charge in [0.25, 0.3) is 5.91 Å². The molecule has 0 N–H and O–H groups in total. The van der Waals surface area contributed by atoms with Crippen LogP contribution in [0.1, 0.15) is 22.3 Å². The van der Waals surface area contributed by atoms with Crippen LogP contribution in [0.15, 0.2) is 54.9 Å². The van der Waals surface area contributed by atoms with Gasteiger partial charge in [0.05, 0.1) is 13.5 Å². The summed E-state index contributed by atoms with van der Waals surface area (Å²) in [7, 11) is 1.34. The van der Waals surface area contributed by atoms with E-state index in [9.17, 15) is 9.59 Å². The zero-order chi connectivity index (χ0) is 15.8. The molecule has 0 spiro atoms. The highest BCUT2D eigenvalue weighted by Crippen LogP contribution is 2.10. The van der Waals surface area contributed by atoms with Crippen LogP contribution in [-0.2, 0) is 16.1 Å². The second-order valence-electron chi connectivity index (χ2n) is 4.78. The van der Waals surface area contributed by atoms with Crippen LogP contribution in [-0.4, -0.2) is 35.4 Å². The minimum absolute atomic E-state index is 0.117. The Balaban J connectivity index is 2.13. The number of rotatable bonds is 6. The Kier molecular flexibility index (Phi) is 5.65. The normalized spacial score (nSPS) is 10.0. The van der Waals surface area contributed by atoms with Crippen LogP contribution in [0.2, 0.25) is 0 Å². The summed E-state index contributed by atoms with van der Waals surface area (Å²) in [6, 6.07) is 12.7. The Morgan fingerprint density at radius 1 is 1.14 bits per heavy atom. The minimum Gasteiger partial charge on any atom is -0.469 e. The van der Waals surface area contributed by atoms with Crippen molar-refractivity contribution in [3.63, 3.8) is 0 Å². The molecule has 0 saturated carbocycles. The number of amides is 1. The van der Waals surface area contributed by atoms with Crippen molar-refractivity contribution in [3.05, 3.63) is 66.0 Å². The molecule has 1 aromatic carbocycles. The Morgan fingerprint density at radius 2 is 1.91 bits per heavy atom. The largest absolute Gasteiger partial charge is 0.469 e. The molecule has 0 aliphatic carbocycles. The highest BCUT2D eigenvalue weighted by molar-refractivity contribution is 5.94. The van der Waals surface area contributed by atoms with Crippen LogP contribution < -0.4 is 0 Å². The summed E-state index contributed by atoms with van der Waals surface area (Å²) >= 11 is 0. The Labute approximate surface area is 129 Å². The van der Waals surface area contributed by atoms with Gasteiger partial charge < -0.3 is 9.64 Å². The van der Waals surface area contributed by atoms with Gasteiger partial charge in [0.15, 0.2) is 0 Å². The number of pyridine rings is 1. The molecule has 0 saturated heterocycles. The molecule has 5 heteroatoms. The van der Waals surface area contributed by atoms with Gasteiger partial charge in [-0.05, 0) is 23.8 Å². The molecule has 0 fully saturated rings. The summed E-state index contributed by atoms with van der Waals surface area (Å²) in [6.07, 6.45) is 3.56. The smallest absolute Gasteiger partial charge is 0.307 e. The van der Waals surface area contributed by atoms with Crippen LogP contribution in [0.4, 0.5) is 0 Å². The average molecular weight is 298 g/mol. The van der Waals surface area contributed by atoms with Gasteiger partial charge in [0, 0.05) is 31.0 Å². The molecule has 0 bridgehead atoms. The van der Waals surface area contributed by atoms with E-state index in [1.807, 2.05) is 30.3 Å². The van der Waals surface area contributed by atoms with Gasteiger partial charge in [-0.3, -0.25) is 14.6 Å². The van der Waals surface area contributed by atoms with Gasteiger partial charge in [-0.25, -0.2) is 0 Å². The summed E-state index contributed by atoms with van der Waals surface area (Å²) < 4.78 is 4.65. The van der Waals surface area contributed by atoms with E-state index in [0.717, 1.165) is 5.56 Å². The predicted octanol–water partition coefficient (Wildman–Crippen LogP) is 2.29. The molecule has 2 rings (SSSR count). The van der Waals surface area contributed by atoms with E-state index < -0.39 is 0 Å². The van der Waals surface area contributed by atoms with E-state index in [4.69, 9.17) is 0 Å². The molecular weight excluding hydrogens is 280 g/mol. The Bertz CT molecular complexity index is 614. The first-order chi connectivity index (χ1) is 10.7. The van der Waals surface area contributed by atoms with Gasteiger partial charge in [0.2, 0.25) is 0 Å². The van der Waals surface area contributed by atoms with Crippen molar-refractivity contribution >= 4 is 11.9 Å². The molecule has 2 aromatic rings. The molecule has 0 atom stereocenters. The molecule has 5 nitrogen and oxygen atoms in total. The number of carbonyl (C=O) groups is 2. The summed E-state index contributed by atoms with van der Waals surface area (Å²) in [5.41, 5.74) is 1.51. The maximum absolute atomic E-state index is 12.6. The van der Waals surface area contributed by atoms with E-state index in [2.05, 4.69) is 9.72 Å². The number of esters is 1. The first kappa shape index (κ1) is 15.7. The monoisotopic (exact) mass is 298 g/mol. The van der Waals surface area contributed by atoms with Crippen LogP contribution in [0.5, 0.6) is 0 Å². The van der Waals surface area contributed by atoms with Crippen molar-refractivity contribution in [2.75, 3.05) is 13.7 Å². The number of ether oxygens (including phenoxy) is 1. The third-order valence-corrected chi connectivity index (χ3v) is 3.22.